The van der Waals surface area contributed by atoms with E-state index in [2.05, 4.69) is 19.2 Å². The second-order valence-corrected chi connectivity index (χ2v) is 11.3. The average Bonchev–Trinajstić information content (AvgIpc) is 3.30. The van der Waals surface area contributed by atoms with Crippen LogP contribution in [-0.4, -0.2) is 40.0 Å². The van der Waals surface area contributed by atoms with E-state index in [0.29, 0.717) is 44.2 Å². The molecule has 0 bridgehead atoms. The maximum Gasteiger partial charge on any atom is 0.267 e. The van der Waals surface area contributed by atoms with Gasteiger partial charge in [0.05, 0.1) is 16.2 Å². The van der Waals surface area contributed by atoms with Crippen molar-refractivity contribution in [2.75, 3.05) is 23.3 Å². The molecule has 0 saturated carbocycles. The summed E-state index contributed by atoms with van der Waals surface area (Å²) in [6.07, 6.45) is 4.23. The predicted octanol–water partition coefficient (Wildman–Crippen LogP) is 6.08. The highest BCUT2D eigenvalue weighted by Gasteiger charge is 2.42. The van der Waals surface area contributed by atoms with Gasteiger partial charge < -0.3 is 5.32 Å². The van der Waals surface area contributed by atoms with Gasteiger partial charge in [0.1, 0.15) is 10.9 Å². The minimum Gasteiger partial charge on any atom is -0.324 e. The van der Waals surface area contributed by atoms with Crippen molar-refractivity contribution in [2.24, 2.45) is 5.92 Å². The first kappa shape index (κ1) is 27.1. The largest absolute Gasteiger partial charge is 0.324 e. The van der Waals surface area contributed by atoms with Gasteiger partial charge in [0, 0.05) is 17.8 Å². The van der Waals surface area contributed by atoms with Crippen LogP contribution in [0, 0.1) is 19.8 Å². The van der Waals surface area contributed by atoms with Crippen LogP contribution in [-0.2, 0) is 14.4 Å². The maximum absolute atomic E-state index is 13.7. The predicted molar refractivity (Wildman–Crippen MR) is 155 cm³/mol. The molecule has 8 heteroatoms. The Balaban J connectivity index is 1.59. The van der Waals surface area contributed by atoms with Crippen LogP contribution in [0.3, 0.4) is 0 Å². The first-order valence-electron chi connectivity index (χ1n) is 12.8. The third-order valence-corrected chi connectivity index (χ3v) is 8.39. The van der Waals surface area contributed by atoms with Crippen molar-refractivity contribution in [2.45, 2.75) is 53.4 Å². The summed E-state index contributed by atoms with van der Waals surface area (Å²) in [5.41, 5.74) is 4.39. The van der Waals surface area contributed by atoms with Gasteiger partial charge in [-0.3, -0.25) is 24.2 Å². The van der Waals surface area contributed by atoms with Crippen LogP contribution in [0.5, 0.6) is 0 Å². The van der Waals surface area contributed by atoms with Gasteiger partial charge in [0.25, 0.3) is 11.8 Å². The Morgan fingerprint density at radius 1 is 1.05 bits per heavy atom. The molecular weight excluding hydrogens is 502 g/mol. The fourth-order valence-electron chi connectivity index (χ4n) is 4.83. The molecule has 3 amide bonds. The second-order valence-electron chi connectivity index (χ2n) is 9.68. The molecule has 0 spiro atoms. The summed E-state index contributed by atoms with van der Waals surface area (Å²) < 4.78 is 0.485. The van der Waals surface area contributed by atoms with Crippen LogP contribution in [0.4, 0.5) is 11.4 Å². The number of carbonyl (C=O) groups is 3. The molecule has 1 N–H and O–H groups in total. The summed E-state index contributed by atoms with van der Waals surface area (Å²) >= 11 is 6.77. The maximum atomic E-state index is 13.7. The second kappa shape index (κ2) is 11.6. The summed E-state index contributed by atoms with van der Waals surface area (Å²) in [6, 6.07) is 13.1. The number of nitrogens with one attached hydrogen (secondary N) is 1. The highest BCUT2D eigenvalue weighted by Crippen LogP contribution is 2.44. The molecular formula is C29H33N3O3S2. The third-order valence-electron chi connectivity index (χ3n) is 6.94. The van der Waals surface area contributed by atoms with Crippen LogP contribution in [0.1, 0.15) is 56.2 Å². The van der Waals surface area contributed by atoms with E-state index in [0.717, 1.165) is 36.8 Å². The SMILES string of the molecule is CCCCC(CC)CN1C(=O)/C(=C2/C(=O)N(CC(=O)Nc3ccc(C)cc3C)c3ccccc32)SC1=S. The first-order chi connectivity index (χ1) is 17.7. The van der Waals surface area contributed by atoms with E-state index in [4.69, 9.17) is 12.2 Å². The molecule has 2 aliphatic heterocycles. The minimum absolute atomic E-state index is 0.151. The number of para-hydroxylation sites is 1. The van der Waals surface area contributed by atoms with Crippen LogP contribution < -0.4 is 10.2 Å². The monoisotopic (exact) mass is 535 g/mol. The number of hydrogen-bond donors (Lipinski definition) is 1. The number of anilines is 2. The van der Waals surface area contributed by atoms with Gasteiger partial charge in [0.15, 0.2) is 0 Å². The molecule has 0 aliphatic carbocycles. The van der Waals surface area contributed by atoms with Gasteiger partial charge in [0.2, 0.25) is 5.91 Å². The highest BCUT2D eigenvalue weighted by molar-refractivity contribution is 8.26. The van der Waals surface area contributed by atoms with E-state index < -0.39 is 0 Å². The van der Waals surface area contributed by atoms with Crippen molar-refractivity contribution in [3.8, 4) is 0 Å². The Morgan fingerprint density at radius 3 is 2.51 bits per heavy atom. The number of fused-ring (bicyclic) bond motifs is 1. The lowest BCUT2D eigenvalue weighted by molar-refractivity contribution is -0.123. The van der Waals surface area contributed by atoms with Crippen LogP contribution in [0.2, 0.25) is 0 Å². The summed E-state index contributed by atoms with van der Waals surface area (Å²) in [5, 5.41) is 2.92. The van der Waals surface area contributed by atoms with Crippen molar-refractivity contribution in [1.82, 2.24) is 4.90 Å². The number of nitrogens with zero attached hydrogens (tertiary/aromatic N) is 2. The van der Waals surface area contributed by atoms with Gasteiger partial charge >= 0.3 is 0 Å². The van der Waals surface area contributed by atoms with Gasteiger partial charge in [-0.2, -0.15) is 0 Å². The molecule has 37 heavy (non-hydrogen) atoms. The fourth-order valence-corrected chi connectivity index (χ4v) is 6.17. The number of carbonyl (C=O) groups excluding carboxylic acids is 3. The van der Waals surface area contributed by atoms with Crippen molar-refractivity contribution in [3.05, 3.63) is 64.1 Å². The number of rotatable bonds is 9. The normalized spacial score (nSPS) is 18.0. The quantitative estimate of drug-likeness (QED) is 0.311. The number of thiocarbonyl (C=S) groups is 1. The van der Waals surface area contributed by atoms with Crippen LogP contribution in [0.15, 0.2) is 47.4 Å². The molecule has 0 aromatic heterocycles. The molecule has 1 atom stereocenters. The van der Waals surface area contributed by atoms with Crippen LogP contribution in [0.25, 0.3) is 5.57 Å². The number of hydrogen-bond acceptors (Lipinski definition) is 5. The summed E-state index contributed by atoms with van der Waals surface area (Å²) in [7, 11) is 0. The highest BCUT2D eigenvalue weighted by atomic mass is 32.2. The summed E-state index contributed by atoms with van der Waals surface area (Å²) in [5.74, 6) is -0.505. The molecule has 2 aromatic carbocycles. The van der Waals surface area contributed by atoms with Crippen molar-refractivity contribution < 1.29 is 14.4 Å². The smallest absolute Gasteiger partial charge is 0.267 e. The number of benzene rings is 2. The number of aryl methyl sites for hydroxylation is 2. The van der Waals surface area contributed by atoms with E-state index in [1.165, 1.54) is 16.7 Å². The lowest BCUT2D eigenvalue weighted by Gasteiger charge is -2.21. The standard InChI is InChI=1S/C29H33N3O3S2/c1-5-7-10-20(6-2)16-32-28(35)26(37-29(32)36)25-21-11-8-9-12-23(21)31(27(25)34)17-24(33)30-22-14-13-18(3)15-19(22)4/h8-9,11-15,20H,5-7,10,16-17H2,1-4H3,(H,30,33)/b26-25-. The molecule has 1 unspecified atom stereocenters. The summed E-state index contributed by atoms with van der Waals surface area (Å²) in [6.45, 7) is 8.64. The molecule has 194 valence electrons. The molecule has 1 saturated heterocycles. The molecule has 2 heterocycles. The topological polar surface area (TPSA) is 69.7 Å². The van der Waals surface area contributed by atoms with Crippen LogP contribution >= 0.6 is 24.0 Å². The van der Waals surface area contributed by atoms with E-state index in [1.807, 2.05) is 56.3 Å². The zero-order chi connectivity index (χ0) is 26.7. The average molecular weight is 536 g/mol. The van der Waals surface area contributed by atoms with Gasteiger partial charge in [-0.15, -0.1) is 0 Å². The molecule has 2 aromatic rings. The van der Waals surface area contributed by atoms with Gasteiger partial charge in [-0.25, -0.2) is 0 Å². The molecule has 1 fully saturated rings. The number of amides is 3. The van der Waals surface area contributed by atoms with E-state index in [9.17, 15) is 14.4 Å². The Morgan fingerprint density at radius 2 is 1.81 bits per heavy atom. The fraction of sp³-hybridized carbons (Fsp3) is 0.379. The van der Waals surface area contributed by atoms with Crippen molar-refractivity contribution >= 4 is 63.0 Å². The Labute approximate surface area is 228 Å². The summed E-state index contributed by atoms with van der Waals surface area (Å²) in [4.78, 5) is 43.6. The van der Waals surface area contributed by atoms with Crippen molar-refractivity contribution in [1.29, 1.82) is 0 Å². The Hall–Kier alpha value is -2.97. The number of unbranched alkanes of at least 4 members (excludes halogenated alkanes) is 1. The van der Waals surface area contributed by atoms with E-state index in [-0.39, 0.29) is 24.3 Å². The van der Waals surface area contributed by atoms with Gasteiger partial charge in [-0.05, 0) is 43.9 Å². The lowest BCUT2D eigenvalue weighted by atomic mass is 9.98. The molecule has 0 radical (unpaired) electrons. The minimum atomic E-state index is -0.351. The van der Waals surface area contributed by atoms with Crippen molar-refractivity contribution in [3.63, 3.8) is 0 Å². The lowest BCUT2D eigenvalue weighted by Crippen LogP contribution is -2.36. The first-order valence-corrected chi connectivity index (χ1v) is 14.0. The zero-order valence-corrected chi connectivity index (χ0v) is 23.4. The zero-order valence-electron chi connectivity index (χ0n) is 21.8. The Bertz CT molecular complexity index is 1290. The number of thioether (sulfide) groups is 1. The molecule has 6 nitrogen and oxygen atoms in total. The van der Waals surface area contributed by atoms with E-state index in [1.54, 1.807) is 4.90 Å². The molecule has 2 aliphatic rings. The van der Waals surface area contributed by atoms with E-state index >= 15 is 0 Å². The third kappa shape index (κ3) is 5.65. The Kier molecular flexibility index (Phi) is 8.49. The van der Waals surface area contributed by atoms with Gasteiger partial charge in [-0.1, -0.05) is 93.0 Å². The molecule has 4 rings (SSSR count).